The number of aliphatic hydroxyl groups excluding tert-OH is 1. The summed E-state index contributed by atoms with van der Waals surface area (Å²) in [4.78, 5) is 4.33. The second kappa shape index (κ2) is 8.12. The maximum Gasteiger partial charge on any atom is 0.0839 e. The zero-order chi connectivity index (χ0) is 15.1. The van der Waals surface area contributed by atoms with E-state index in [1.807, 2.05) is 14.1 Å². The van der Waals surface area contributed by atoms with Crippen molar-refractivity contribution >= 4 is 11.4 Å². The van der Waals surface area contributed by atoms with Crippen LogP contribution < -0.4 is 10.2 Å². The molecule has 0 aliphatic carbocycles. The van der Waals surface area contributed by atoms with E-state index in [2.05, 4.69) is 54.1 Å². The molecule has 0 fully saturated rings. The molecular formula is C16H29N3O. The van der Waals surface area contributed by atoms with Gasteiger partial charge in [-0.2, -0.15) is 0 Å². The van der Waals surface area contributed by atoms with Crippen molar-refractivity contribution in [2.45, 2.75) is 26.9 Å². The second-order valence-electron chi connectivity index (χ2n) is 5.42. The lowest BCUT2D eigenvalue weighted by Gasteiger charge is -2.23. The van der Waals surface area contributed by atoms with E-state index < -0.39 is 0 Å². The SMILES string of the molecule is CCN(CC)CC(O)CNc1ccc(C)c(N(C)C)c1. The summed E-state index contributed by atoms with van der Waals surface area (Å²) >= 11 is 0. The molecule has 0 aliphatic rings. The van der Waals surface area contributed by atoms with Gasteiger partial charge in [0.15, 0.2) is 0 Å². The standard InChI is InChI=1S/C16H29N3O/c1-6-19(7-2)12-15(20)11-17-14-9-8-13(3)16(10-14)18(4)5/h8-10,15,17,20H,6-7,11-12H2,1-5H3. The largest absolute Gasteiger partial charge is 0.390 e. The molecule has 0 heterocycles. The van der Waals surface area contributed by atoms with E-state index in [0.29, 0.717) is 13.1 Å². The highest BCUT2D eigenvalue weighted by Gasteiger charge is 2.09. The van der Waals surface area contributed by atoms with Gasteiger partial charge in [-0.15, -0.1) is 0 Å². The Labute approximate surface area is 123 Å². The molecule has 0 saturated heterocycles. The summed E-state index contributed by atoms with van der Waals surface area (Å²) in [5.74, 6) is 0. The Bertz CT molecular complexity index is 403. The van der Waals surface area contributed by atoms with Gasteiger partial charge in [0.2, 0.25) is 0 Å². The first kappa shape index (κ1) is 16.8. The highest BCUT2D eigenvalue weighted by molar-refractivity contribution is 5.61. The summed E-state index contributed by atoms with van der Waals surface area (Å²) in [5, 5.41) is 13.4. The smallest absolute Gasteiger partial charge is 0.0839 e. The van der Waals surface area contributed by atoms with Gasteiger partial charge in [0.05, 0.1) is 6.10 Å². The molecule has 1 unspecified atom stereocenters. The molecule has 0 saturated carbocycles. The zero-order valence-electron chi connectivity index (χ0n) is 13.5. The summed E-state index contributed by atoms with van der Waals surface area (Å²) < 4.78 is 0. The number of rotatable bonds is 8. The quantitative estimate of drug-likeness (QED) is 0.765. The van der Waals surface area contributed by atoms with Crippen molar-refractivity contribution in [1.29, 1.82) is 0 Å². The highest BCUT2D eigenvalue weighted by atomic mass is 16.3. The lowest BCUT2D eigenvalue weighted by atomic mass is 10.1. The molecule has 4 heteroatoms. The Balaban J connectivity index is 2.55. The van der Waals surface area contributed by atoms with Gasteiger partial charge in [-0.3, -0.25) is 0 Å². The predicted molar refractivity (Wildman–Crippen MR) is 87.8 cm³/mol. The number of anilines is 2. The average Bonchev–Trinajstić information content (AvgIpc) is 2.43. The third-order valence-electron chi connectivity index (χ3n) is 3.60. The minimum atomic E-state index is -0.348. The van der Waals surface area contributed by atoms with Crippen molar-refractivity contribution in [2.24, 2.45) is 0 Å². The van der Waals surface area contributed by atoms with E-state index >= 15 is 0 Å². The van der Waals surface area contributed by atoms with Crippen LogP contribution in [0, 0.1) is 6.92 Å². The Morgan fingerprint density at radius 3 is 2.40 bits per heavy atom. The minimum Gasteiger partial charge on any atom is -0.390 e. The molecular weight excluding hydrogens is 250 g/mol. The predicted octanol–water partition coefficient (Wildman–Crippen LogP) is 2.18. The Kier molecular flexibility index (Phi) is 6.82. The van der Waals surface area contributed by atoms with Gasteiger partial charge in [0.1, 0.15) is 0 Å². The van der Waals surface area contributed by atoms with Crippen molar-refractivity contribution in [3.05, 3.63) is 23.8 Å². The summed E-state index contributed by atoms with van der Waals surface area (Å²) in [5.41, 5.74) is 3.51. The van der Waals surface area contributed by atoms with E-state index in [-0.39, 0.29) is 6.10 Å². The summed E-state index contributed by atoms with van der Waals surface area (Å²) in [6.45, 7) is 9.58. The summed E-state index contributed by atoms with van der Waals surface area (Å²) in [6, 6.07) is 6.29. The lowest BCUT2D eigenvalue weighted by Crippen LogP contribution is -2.35. The van der Waals surface area contributed by atoms with Gasteiger partial charge in [-0.25, -0.2) is 0 Å². The van der Waals surface area contributed by atoms with Crippen molar-refractivity contribution in [3.8, 4) is 0 Å². The molecule has 4 nitrogen and oxygen atoms in total. The summed E-state index contributed by atoms with van der Waals surface area (Å²) in [7, 11) is 4.09. The Morgan fingerprint density at radius 1 is 1.20 bits per heavy atom. The third-order valence-corrected chi connectivity index (χ3v) is 3.60. The first-order valence-corrected chi connectivity index (χ1v) is 7.40. The number of hydrogen-bond donors (Lipinski definition) is 2. The summed E-state index contributed by atoms with van der Waals surface area (Å²) in [6.07, 6.45) is -0.348. The van der Waals surface area contributed by atoms with Crippen LogP contribution in [0.3, 0.4) is 0 Å². The minimum absolute atomic E-state index is 0.348. The average molecular weight is 279 g/mol. The van der Waals surface area contributed by atoms with Crippen LogP contribution in [-0.4, -0.2) is 56.4 Å². The van der Waals surface area contributed by atoms with Gasteiger partial charge >= 0.3 is 0 Å². The molecule has 0 aliphatic heterocycles. The van der Waals surface area contributed by atoms with Crippen LogP contribution in [0.5, 0.6) is 0 Å². The van der Waals surface area contributed by atoms with Crippen LogP contribution in [0.4, 0.5) is 11.4 Å². The second-order valence-corrected chi connectivity index (χ2v) is 5.42. The topological polar surface area (TPSA) is 38.7 Å². The van der Waals surface area contributed by atoms with Crippen LogP contribution in [-0.2, 0) is 0 Å². The fraction of sp³-hybridized carbons (Fsp3) is 0.625. The molecule has 2 N–H and O–H groups in total. The third kappa shape index (κ3) is 5.02. The van der Waals surface area contributed by atoms with E-state index in [0.717, 1.165) is 18.8 Å². The monoisotopic (exact) mass is 279 g/mol. The fourth-order valence-corrected chi connectivity index (χ4v) is 2.28. The molecule has 1 aromatic rings. The molecule has 0 spiro atoms. The van der Waals surface area contributed by atoms with Gasteiger partial charge < -0.3 is 20.2 Å². The van der Waals surface area contributed by atoms with Gasteiger partial charge in [0.25, 0.3) is 0 Å². The number of aliphatic hydroxyl groups is 1. The molecule has 0 aromatic heterocycles. The van der Waals surface area contributed by atoms with Crippen molar-refractivity contribution < 1.29 is 5.11 Å². The van der Waals surface area contributed by atoms with Crippen LogP contribution >= 0.6 is 0 Å². The molecule has 0 amide bonds. The molecule has 0 radical (unpaired) electrons. The molecule has 1 rings (SSSR count). The lowest BCUT2D eigenvalue weighted by molar-refractivity contribution is 0.128. The number of benzene rings is 1. The van der Waals surface area contributed by atoms with Gasteiger partial charge in [0, 0.05) is 38.6 Å². The number of likely N-dealkylation sites (N-methyl/N-ethyl adjacent to an activating group) is 1. The first-order chi connectivity index (χ1) is 9.47. The van der Waals surface area contributed by atoms with E-state index in [4.69, 9.17) is 0 Å². The van der Waals surface area contributed by atoms with Gasteiger partial charge in [-0.05, 0) is 37.7 Å². The van der Waals surface area contributed by atoms with Crippen LogP contribution in [0.25, 0.3) is 0 Å². The number of aryl methyl sites for hydroxylation is 1. The molecule has 114 valence electrons. The zero-order valence-corrected chi connectivity index (χ0v) is 13.5. The normalized spacial score (nSPS) is 12.6. The van der Waals surface area contributed by atoms with Crippen molar-refractivity contribution in [2.75, 3.05) is 50.5 Å². The van der Waals surface area contributed by atoms with Crippen LogP contribution in [0.1, 0.15) is 19.4 Å². The maximum absolute atomic E-state index is 10.1. The molecule has 20 heavy (non-hydrogen) atoms. The van der Waals surface area contributed by atoms with Crippen molar-refractivity contribution in [3.63, 3.8) is 0 Å². The highest BCUT2D eigenvalue weighted by Crippen LogP contribution is 2.22. The fourth-order valence-electron chi connectivity index (χ4n) is 2.28. The van der Waals surface area contributed by atoms with Gasteiger partial charge in [-0.1, -0.05) is 19.9 Å². The van der Waals surface area contributed by atoms with Crippen LogP contribution in [0.15, 0.2) is 18.2 Å². The maximum atomic E-state index is 10.1. The van der Waals surface area contributed by atoms with Crippen molar-refractivity contribution in [1.82, 2.24) is 4.90 Å². The molecule has 1 aromatic carbocycles. The van der Waals surface area contributed by atoms with Crippen LogP contribution in [0.2, 0.25) is 0 Å². The van der Waals surface area contributed by atoms with E-state index in [1.165, 1.54) is 11.3 Å². The molecule has 0 bridgehead atoms. The molecule has 1 atom stereocenters. The number of nitrogens with one attached hydrogen (secondary N) is 1. The Morgan fingerprint density at radius 2 is 1.85 bits per heavy atom. The number of hydrogen-bond acceptors (Lipinski definition) is 4. The van der Waals surface area contributed by atoms with E-state index in [9.17, 15) is 5.11 Å². The number of nitrogens with zero attached hydrogens (tertiary/aromatic N) is 2. The first-order valence-electron chi connectivity index (χ1n) is 7.40. The Hall–Kier alpha value is -1.26. The van der Waals surface area contributed by atoms with E-state index in [1.54, 1.807) is 0 Å².